The van der Waals surface area contributed by atoms with Gasteiger partial charge < -0.3 is 0 Å². The molecule has 1 aromatic heterocycles. The molecule has 0 unspecified atom stereocenters. The minimum absolute atomic E-state index is 0.0624. The molecule has 0 saturated carbocycles. The van der Waals surface area contributed by atoms with Crippen LogP contribution < -0.4 is 0 Å². The summed E-state index contributed by atoms with van der Waals surface area (Å²) in [5, 5.41) is 8.32. The van der Waals surface area contributed by atoms with Crippen LogP contribution in [-0.2, 0) is 19.0 Å². The average Bonchev–Trinajstić information content (AvgIpc) is 2.81. The first kappa shape index (κ1) is 15.2. The van der Waals surface area contributed by atoms with Gasteiger partial charge in [0.25, 0.3) is 0 Å². The van der Waals surface area contributed by atoms with E-state index in [1.807, 2.05) is 6.92 Å². The van der Waals surface area contributed by atoms with Crippen molar-refractivity contribution in [3.63, 3.8) is 0 Å². The van der Waals surface area contributed by atoms with Crippen molar-refractivity contribution in [3.8, 4) is 0 Å². The van der Waals surface area contributed by atoms with Crippen molar-refractivity contribution in [2.24, 2.45) is 0 Å². The molecule has 0 aliphatic rings. The van der Waals surface area contributed by atoms with E-state index in [0.717, 1.165) is 11.1 Å². The van der Waals surface area contributed by atoms with E-state index in [0.29, 0.717) is 17.5 Å². The fourth-order valence-corrected chi connectivity index (χ4v) is 2.65. The second-order valence-electron chi connectivity index (χ2n) is 4.05. The molecule has 8 heteroatoms. The van der Waals surface area contributed by atoms with Crippen molar-refractivity contribution in [1.82, 2.24) is 10.2 Å². The summed E-state index contributed by atoms with van der Waals surface area (Å²) in [6, 6.07) is 1.34. The zero-order chi connectivity index (χ0) is 14.9. The summed E-state index contributed by atoms with van der Waals surface area (Å²) >= 11 is 6.76. The first-order valence-electron chi connectivity index (χ1n) is 5.67. The minimum atomic E-state index is -4.57. The van der Waals surface area contributed by atoms with Gasteiger partial charge in [-0.3, -0.25) is 0 Å². The summed E-state index contributed by atoms with van der Waals surface area (Å²) in [5.41, 5.74) is -1.11. The summed E-state index contributed by atoms with van der Waals surface area (Å²) in [6.45, 7) is 1.88. The van der Waals surface area contributed by atoms with Crippen LogP contribution >= 0.6 is 22.9 Å². The molecule has 0 aliphatic carbocycles. The third-order valence-corrected chi connectivity index (χ3v) is 3.93. The van der Waals surface area contributed by atoms with Crippen LogP contribution in [0.5, 0.6) is 0 Å². The molecule has 0 bridgehead atoms. The third kappa shape index (κ3) is 3.27. The maximum atomic E-state index is 13.8. The molecule has 0 amide bonds. The molecule has 20 heavy (non-hydrogen) atoms. The number of alkyl halides is 3. The molecule has 2 rings (SSSR count). The number of aryl methyl sites for hydroxylation is 1. The number of aromatic nitrogens is 2. The number of nitrogens with zero attached hydrogens (tertiary/aromatic N) is 2. The van der Waals surface area contributed by atoms with Crippen LogP contribution in [0.3, 0.4) is 0 Å². The van der Waals surface area contributed by atoms with Crippen molar-refractivity contribution in [1.29, 1.82) is 0 Å². The van der Waals surface area contributed by atoms with Gasteiger partial charge in [0.1, 0.15) is 15.8 Å². The number of halogens is 5. The fraction of sp³-hybridized carbons (Fsp3) is 0.333. The summed E-state index contributed by atoms with van der Waals surface area (Å²) in [7, 11) is 0. The van der Waals surface area contributed by atoms with Crippen LogP contribution in [-0.4, -0.2) is 10.2 Å². The predicted molar refractivity (Wildman–Crippen MR) is 68.5 cm³/mol. The van der Waals surface area contributed by atoms with Gasteiger partial charge >= 0.3 is 6.18 Å². The van der Waals surface area contributed by atoms with Crippen molar-refractivity contribution < 1.29 is 17.6 Å². The highest BCUT2D eigenvalue weighted by molar-refractivity contribution is 7.11. The molecule has 1 heterocycles. The Morgan fingerprint density at radius 3 is 2.40 bits per heavy atom. The summed E-state index contributed by atoms with van der Waals surface area (Å²) in [4.78, 5) is 0. The maximum Gasteiger partial charge on any atom is 0.416 e. The number of benzene rings is 1. The van der Waals surface area contributed by atoms with Gasteiger partial charge in [-0.25, -0.2) is 4.39 Å². The van der Waals surface area contributed by atoms with Gasteiger partial charge in [-0.2, -0.15) is 13.2 Å². The van der Waals surface area contributed by atoms with Gasteiger partial charge in [-0.05, 0) is 24.1 Å². The highest BCUT2D eigenvalue weighted by Crippen LogP contribution is 2.34. The number of rotatable bonds is 3. The third-order valence-electron chi connectivity index (χ3n) is 2.58. The van der Waals surface area contributed by atoms with E-state index in [1.54, 1.807) is 0 Å². The van der Waals surface area contributed by atoms with Crippen LogP contribution in [0, 0.1) is 5.82 Å². The first-order chi connectivity index (χ1) is 9.31. The summed E-state index contributed by atoms with van der Waals surface area (Å²) in [6.07, 6.45) is -3.96. The Morgan fingerprint density at radius 1 is 1.20 bits per heavy atom. The number of hydrogen-bond acceptors (Lipinski definition) is 3. The zero-order valence-electron chi connectivity index (χ0n) is 10.3. The minimum Gasteiger partial charge on any atom is -0.205 e. The Bertz CT molecular complexity index is 624. The van der Waals surface area contributed by atoms with Crippen molar-refractivity contribution in [3.05, 3.63) is 44.1 Å². The quantitative estimate of drug-likeness (QED) is 0.777. The molecule has 0 fully saturated rings. The lowest BCUT2D eigenvalue weighted by molar-refractivity contribution is -0.137. The average molecular weight is 325 g/mol. The Morgan fingerprint density at radius 2 is 1.85 bits per heavy atom. The lowest BCUT2D eigenvalue weighted by atomic mass is 10.1. The Kier molecular flexibility index (Phi) is 4.29. The molecular weight excluding hydrogens is 316 g/mol. The zero-order valence-corrected chi connectivity index (χ0v) is 11.8. The molecular formula is C12H9ClF4N2S. The highest BCUT2D eigenvalue weighted by atomic mass is 35.5. The van der Waals surface area contributed by atoms with E-state index in [-0.39, 0.29) is 12.0 Å². The fourth-order valence-electron chi connectivity index (χ4n) is 1.60. The monoisotopic (exact) mass is 324 g/mol. The summed E-state index contributed by atoms with van der Waals surface area (Å²) < 4.78 is 51.8. The van der Waals surface area contributed by atoms with E-state index in [4.69, 9.17) is 11.6 Å². The van der Waals surface area contributed by atoms with Crippen LogP contribution in [0.15, 0.2) is 12.1 Å². The van der Waals surface area contributed by atoms with Gasteiger partial charge in [0.2, 0.25) is 0 Å². The van der Waals surface area contributed by atoms with E-state index < -0.39 is 22.6 Å². The normalized spacial score (nSPS) is 11.9. The van der Waals surface area contributed by atoms with Crippen LogP contribution in [0.2, 0.25) is 5.02 Å². The predicted octanol–water partition coefficient (Wildman–Crippen LogP) is 4.50. The lowest BCUT2D eigenvalue weighted by Crippen LogP contribution is -2.07. The van der Waals surface area contributed by atoms with E-state index >= 15 is 0 Å². The standard InChI is InChI=1S/C12H9ClF4N2S/c1-2-9-18-19-10(20-9)4-6-3-7(12(15,16)17)5-8(13)11(6)14/h3,5H,2,4H2,1H3. The number of hydrogen-bond donors (Lipinski definition) is 0. The van der Waals surface area contributed by atoms with Crippen LogP contribution in [0.4, 0.5) is 17.6 Å². The second-order valence-corrected chi connectivity index (χ2v) is 5.60. The Balaban J connectivity index is 2.37. The van der Waals surface area contributed by atoms with Gasteiger partial charge in [0.05, 0.1) is 10.6 Å². The van der Waals surface area contributed by atoms with E-state index in [1.165, 1.54) is 11.3 Å². The molecule has 0 radical (unpaired) electrons. The van der Waals surface area contributed by atoms with Crippen molar-refractivity contribution in [2.45, 2.75) is 25.9 Å². The smallest absolute Gasteiger partial charge is 0.205 e. The Hall–Kier alpha value is -1.21. The van der Waals surface area contributed by atoms with E-state index in [9.17, 15) is 17.6 Å². The largest absolute Gasteiger partial charge is 0.416 e. The van der Waals surface area contributed by atoms with Gasteiger partial charge in [0, 0.05) is 6.42 Å². The Labute approximate surface area is 121 Å². The van der Waals surface area contributed by atoms with Gasteiger partial charge in [0.15, 0.2) is 0 Å². The van der Waals surface area contributed by atoms with Gasteiger partial charge in [-0.15, -0.1) is 21.5 Å². The molecule has 1 aromatic carbocycles. The van der Waals surface area contributed by atoms with Crippen LogP contribution in [0.25, 0.3) is 0 Å². The molecule has 0 atom stereocenters. The van der Waals surface area contributed by atoms with Crippen molar-refractivity contribution >= 4 is 22.9 Å². The second kappa shape index (κ2) is 5.65. The summed E-state index contributed by atoms with van der Waals surface area (Å²) in [5.74, 6) is -0.854. The molecule has 0 aliphatic heterocycles. The first-order valence-corrected chi connectivity index (χ1v) is 6.87. The topological polar surface area (TPSA) is 25.8 Å². The highest BCUT2D eigenvalue weighted by Gasteiger charge is 2.32. The molecule has 0 saturated heterocycles. The van der Waals surface area contributed by atoms with Gasteiger partial charge in [-0.1, -0.05) is 18.5 Å². The molecule has 0 spiro atoms. The SMILES string of the molecule is CCc1nnc(Cc2cc(C(F)(F)F)cc(Cl)c2F)s1. The molecule has 2 nitrogen and oxygen atoms in total. The van der Waals surface area contributed by atoms with Crippen LogP contribution in [0.1, 0.15) is 28.1 Å². The molecule has 2 aromatic rings. The lowest BCUT2D eigenvalue weighted by Gasteiger charge is -2.10. The maximum absolute atomic E-state index is 13.8. The molecule has 0 N–H and O–H groups in total. The van der Waals surface area contributed by atoms with Crippen molar-refractivity contribution in [2.75, 3.05) is 0 Å². The molecule has 108 valence electrons. The van der Waals surface area contributed by atoms with E-state index in [2.05, 4.69) is 10.2 Å².